The molecule has 0 unspecified atom stereocenters. The summed E-state index contributed by atoms with van der Waals surface area (Å²) in [6.45, 7) is 2.02. The van der Waals surface area contributed by atoms with Gasteiger partial charge in [0, 0.05) is 8.59 Å². The van der Waals surface area contributed by atoms with Crippen LogP contribution in [0.3, 0.4) is 0 Å². The maximum absolute atomic E-state index is 13.3. The molecule has 1 aromatic heterocycles. The summed E-state index contributed by atoms with van der Waals surface area (Å²) in [6, 6.07) is 21.1. The molecule has 1 heterocycles. The van der Waals surface area contributed by atoms with Crippen LogP contribution in [0.15, 0.2) is 71.5 Å². The van der Waals surface area contributed by atoms with Gasteiger partial charge in [0.15, 0.2) is 0 Å². The van der Waals surface area contributed by atoms with E-state index in [0.717, 1.165) is 20.4 Å². The highest BCUT2D eigenvalue weighted by Gasteiger charge is 2.11. The van der Waals surface area contributed by atoms with E-state index in [1.807, 2.05) is 85.8 Å². The Morgan fingerprint density at radius 1 is 1.00 bits per heavy atom. The molecule has 3 aromatic carbocycles. The van der Waals surface area contributed by atoms with Gasteiger partial charge < -0.3 is 0 Å². The summed E-state index contributed by atoms with van der Waals surface area (Å²) in [5.74, 6) is 0.558. The van der Waals surface area contributed by atoms with Crippen LogP contribution in [0.1, 0.15) is 17.0 Å². The van der Waals surface area contributed by atoms with E-state index in [0.29, 0.717) is 21.7 Å². The van der Waals surface area contributed by atoms with Gasteiger partial charge >= 0.3 is 0 Å². The first kappa shape index (κ1) is 18.9. The van der Waals surface area contributed by atoms with E-state index in [2.05, 4.69) is 22.6 Å². The van der Waals surface area contributed by atoms with E-state index in [-0.39, 0.29) is 5.56 Å². The fourth-order valence-electron chi connectivity index (χ4n) is 3.00. The van der Waals surface area contributed by atoms with Crippen molar-refractivity contribution in [2.45, 2.75) is 6.92 Å². The molecule has 28 heavy (non-hydrogen) atoms. The monoisotopic (exact) mass is 498 g/mol. The van der Waals surface area contributed by atoms with Crippen molar-refractivity contribution in [3.05, 3.63) is 103 Å². The average molecular weight is 499 g/mol. The van der Waals surface area contributed by atoms with Crippen molar-refractivity contribution in [1.29, 1.82) is 0 Å². The predicted molar refractivity (Wildman–Crippen MR) is 125 cm³/mol. The molecule has 5 heteroatoms. The fourth-order valence-corrected chi connectivity index (χ4v) is 3.69. The molecule has 3 nitrogen and oxygen atoms in total. The second-order valence-electron chi connectivity index (χ2n) is 6.46. The maximum Gasteiger partial charge on any atom is 0.266 e. The Morgan fingerprint density at radius 2 is 1.75 bits per heavy atom. The highest BCUT2D eigenvalue weighted by Crippen LogP contribution is 2.20. The molecule has 0 spiro atoms. The minimum atomic E-state index is -0.0915. The number of aryl methyl sites for hydroxylation is 1. The van der Waals surface area contributed by atoms with Gasteiger partial charge in [0.2, 0.25) is 0 Å². The molecular formula is C23H16ClIN2O. The van der Waals surface area contributed by atoms with Gasteiger partial charge in [-0.1, -0.05) is 47.5 Å². The molecule has 0 radical (unpaired) electrons. The van der Waals surface area contributed by atoms with Crippen molar-refractivity contribution < 1.29 is 0 Å². The van der Waals surface area contributed by atoms with Crippen LogP contribution in [-0.2, 0) is 0 Å². The number of aromatic nitrogens is 2. The topological polar surface area (TPSA) is 34.9 Å². The van der Waals surface area contributed by atoms with E-state index in [4.69, 9.17) is 16.6 Å². The van der Waals surface area contributed by atoms with Gasteiger partial charge in [-0.3, -0.25) is 9.36 Å². The Balaban J connectivity index is 1.97. The first-order valence-electron chi connectivity index (χ1n) is 8.75. The molecule has 0 amide bonds. The van der Waals surface area contributed by atoms with Gasteiger partial charge in [-0.15, -0.1) is 0 Å². The van der Waals surface area contributed by atoms with Gasteiger partial charge in [-0.25, -0.2) is 4.98 Å². The summed E-state index contributed by atoms with van der Waals surface area (Å²) >= 11 is 8.47. The third kappa shape index (κ3) is 3.75. The van der Waals surface area contributed by atoms with Gasteiger partial charge in [0.25, 0.3) is 5.56 Å². The molecule has 4 rings (SSSR count). The standard InChI is InChI=1S/C23H16ClIN2O/c1-15-6-10-18(11-7-15)27-22(13-8-16-4-2-3-5-20(16)24)26-21-12-9-17(25)14-19(21)23(27)28/h2-14H,1H3/b13-8+. The van der Waals surface area contributed by atoms with Gasteiger partial charge in [0.1, 0.15) is 5.82 Å². The third-order valence-electron chi connectivity index (χ3n) is 4.47. The van der Waals surface area contributed by atoms with E-state index >= 15 is 0 Å². The van der Waals surface area contributed by atoms with Crippen LogP contribution in [0, 0.1) is 10.5 Å². The van der Waals surface area contributed by atoms with Crippen LogP contribution < -0.4 is 5.56 Å². The lowest BCUT2D eigenvalue weighted by Gasteiger charge is -2.12. The maximum atomic E-state index is 13.3. The zero-order chi connectivity index (χ0) is 19.7. The van der Waals surface area contributed by atoms with Gasteiger partial charge in [-0.2, -0.15) is 0 Å². The number of nitrogens with zero attached hydrogens (tertiary/aromatic N) is 2. The minimum absolute atomic E-state index is 0.0915. The van der Waals surface area contributed by atoms with Crippen LogP contribution >= 0.6 is 34.2 Å². The van der Waals surface area contributed by atoms with Crippen molar-refractivity contribution in [2.24, 2.45) is 0 Å². The Hall–Kier alpha value is -2.44. The van der Waals surface area contributed by atoms with Gasteiger partial charge in [0.05, 0.1) is 16.6 Å². The zero-order valence-corrected chi connectivity index (χ0v) is 18.0. The molecule has 0 saturated heterocycles. The zero-order valence-electron chi connectivity index (χ0n) is 15.1. The summed E-state index contributed by atoms with van der Waals surface area (Å²) in [7, 11) is 0. The van der Waals surface area contributed by atoms with E-state index < -0.39 is 0 Å². The lowest BCUT2D eigenvalue weighted by Crippen LogP contribution is -2.22. The molecule has 0 aliphatic carbocycles. The summed E-state index contributed by atoms with van der Waals surface area (Å²) in [4.78, 5) is 18.1. The van der Waals surface area contributed by atoms with Crippen molar-refractivity contribution in [3.63, 3.8) is 0 Å². The smallest absolute Gasteiger partial charge is 0.266 e. The molecule has 0 atom stereocenters. The molecule has 0 bridgehead atoms. The van der Waals surface area contributed by atoms with E-state index in [1.165, 1.54) is 0 Å². The fraction of sp³-hybridized carbons (Fsp3) is 0.0435. The molecule has 0 aliphatic heterocycles. The van der Waals surface area contributed by atoms with Crippen LogP contribution in [0.25, 0.3) is 28.7 Å². The largest absolute Gasteiger partial charge is 0.268 e. The SMILES string of the molecule is Cc1ccc(-n2c(/C=C/c3ccccc3Cl)nc3ccc(I)cc3c2=O)cc1. The highest BCUT2D eigenvalue weighted by atomic mass is 127. The summed E-state index contributed by atoms with van der Waals surface area (Å²) in [6.07, 6.45) is 3.72. The predicted octanol–water partition coefficient (Wildman–Crippen LogP) is 6.12. The lowest BCUT2D eigenvalue weighted by atomic mass is 10.2. The average Bonchev–Trinajstić information content (AvgIpc) is 2.69. The first-order chi connectivity index (χ1) is 13.5. The summed E-state index contributed by atoms with van der Waals surface area (Å²) in [5.41, 5.74) is 3.37. The quantitative estimate of drug-likeness (QED) is 0.319. The second-order valence-corrected chi connectivity index (χ2v) is 8.12. The summed E-state index contributed by atoms with van der Waals surface area (Å²) in [5, 5.41) is 1.25. The third-order valence-corrected chi connectivity index (χ3v) is 5.48. The Labute approximate surface area is 181 Å². The molecular weight excluding hydrogens is 483 g/mol. The summed E-state index contributed by atoms with van der Waals surface area (Å²) < 4.78 is 2.64. The number of benzene rings is 3. The number of hydrogen-bond acceptors (Lipinski definition) is 2. The molecule has 4 aromatic rings. The van der Waals surface area contributed by atoms with Crippen LogP contribution in [0.5, 0.6) is 0 Å². The molecule has 138 valence electrons. The Kier molecular flexibility index (Phi) is 5.33. The van der Waals surface area contributed by atoms with Crippen molar-refractivity contribution in [1.82, 2.24) is 9.55 Å². The number of fused-ring (bicyclic) bond motifs is 1. The van der Waals surface area contributed by atoms with Crippen LogP contribution in [0.4, 0.5) is 0 Å². The molecule has 0 aliphatic rings. The van der Waals surface area contributed by atoms with Crippen LogP contribution in [0.2, 0.25) is 5.02 Å². The van der Waals surface area contributed by atoms with E-state index in [1.54, 1.807) is 4.57 Å². The second kappa shape index (κ2) is 7.89. The van der Waals surface area contributed by atoms with Crippen molar-refractivity contribution in [3.8, 4) is 5.69 Å². The van der Waals surface area contributed by atoms with Gasteiger partial charge in [-0.05, 0) is 83.6 Å². The number of rotatable bonds is 3. The molecule has 0 fully saturated rings. The molecule has 0 saturated carbocycles. The highest BCUT2D eigenvalue weighted by molar-refractivity contribution is 14.1. The number of hydrogen-bond donors (Lipinski definition) is 0. The first-order valence-corrected chi connectivity index (χ1v) is 10.2. The Morgan fingerprint density at radius 3 is 2.50 bits per heavy atom. The minimum Gasteiger partial charge on any atom is -0.268 e. The number of halogens is 2. The lowest BCUT2D eigenvalue weighted by molar-refractivity contribution is 0.943. The molecule has 0 N–H and O–H groups in total. The Bertz CT molecular complexity index is 1260. The normalized spacial score (nSPS) is 11.4. The van der Waals surface area contributed by atoms with Crippen molar-refractivity contribution >= 4 is 57.2 Å². The van der Waals surface area contributed by atoms with Crippen molar-refractivity contribution in [2.75, 3.05) is 0 Å². The van der Waals surface area contributed by atoms with Crippen LogP contribution in [-0.4, -0.2) is 9.55 Å². The van der Waals surface area contributed by atoms with E-state index in [9.17, 15) is 4.79 Å².